The molecular weight excluding hydrogens is 200 g/mol. The van der Waals surface area contributed by atoms with Crippen molar-refractivity contribution < 1.29 is 23.9 Å². The van der Waals surface area contributed by atoms with Crippen molar-refractivity contribution in [2.24, 2.45) is 0 Å². The Kier molecular flexibility index (Phi) is 6.33. The zero-order valence-corrected chi connectivity index (χ0v) is 9.24. The molecule has 0 bridgehead atoms. The Labute approximate surface area is 88.7 Å². The average Bonchev–Trinajstić information content (AvgIpc) is 2.15. The van der Waals surface area contributed by atoms with Crippen LogP contribution in [0.25, 0.3) is 0 Å². The third kappa shape index (κ3) is 5.83. The SMILES string of the molecule is CCCCOC(=O)C(=O)C(=O)OC(C)C. The summed E-state index contributed by atoms with van der Waals surface area (Å²) in [6.45, 7) is 5.25. The van der Waals surface area contributed by atoms with Gasteiger partial charge in [0.1, 0.15) is 0 Å². The fourth-order valence-electron chi connectivity index (χ4n) is 0.726. The van der Waals surface area contributed by atoms with Gasteiger partial charge < -0.3 is 9.47 Å². The molecule has 15 heavy (non-hydrogen) atoms. The second-order valence-corrected chi connectivity index (χ2v) is 3.27. The maximum atomic E-state index is 11.0. The molecule has 0 fully saturated rings. The molecule has 0 radical (unpaired) electrons. The number of carbonyl (C=O) groups excluding carboxylic acids is 3. The minimum atomic E-state index is -1.25. The smallest absolute Gasteiger partial charge is 0.387 e. The molecule has 0 aliphatic heterocycles. The normalized spacial score (nSPS) is 9.87. The van der Waals surface area contributed by atoms with Gasteiger partial charge >= 0.3 is 17.7 Å². The zero-order valence-electron chi connectivity index (χ0n) is 9.24. The standard InChI is InChI=1S/C10H16O5/c1-4-5-6-14-9(12)8(11)10(13)15-7(2)3/h7H,4-6H2,1-3H3. The molecule has 5 nitrogen and oxygen atoms in total. The number of hydrogen-bond acceptors (Lipinski definition) is 5. The van der Waals surface area contributed by atoms with Crippen molar-refractivity contribution in [3.05, 3.63) is 0 Å². The van der Waals surface area contributed by atoms with E-state index in [1.54, 1.807) is 13.8 Å². The minimum Gasteiger partial charge on any atom is -0.460 e. The second-order valence-electron chi connectivity index (χ2n) is 3.27. The van der Waals surface area contributed by atoms with Gasteiger partial charge in [0.2, 0.25) is 0 Å². The number of Topliss-reactive ketones (excluding diaryl/α,β-unsaturated/α-hetero) is 1. The third-order valence-corrected chi connectivity index (χ3v) is 1.44. The summed E-state index contributed by atoms with van der Waals surface area (Å²) in [5, 5.41) is 0. The summed E-state index contributed by atoms with van der Waals surface area (Å²) in [7, 11) is 0. The van der Waals surface area contributed by atoms with E-state index in [9.17, 15) is 14.4 Å². The van der Waals surface area contributed by atoms with E-state index in [0.717, 1.165) is 6.42 Å². The molecule has 0 aromatic heterocycles. The van der Waals surface area contributed by atoms with Crippen LogP contribution in [0.15, 0.2) is 0 Å². The highest BCUT2D eigenvalue weighted by Gasteiger charge is 2.26. The van der Waals surface area contributed by atoms with Crippen molar-refractivity contribution in [1.29, 1.82) is 0 Å². The van der Waals surface area contributed by atoms with Crippen LogP contribution in [0.4, 0.5) is 0 Å². The molecule has 0 saturated carbocycles. The van der Waals surface area contributed by atoms with Gasteiger partial charge in [-0.05, 0) is 20.3 Å². The average molecular weight is 216 g/mol. The second kappa shape index (κ2) is 6.98. The molecule has 0 atom stereocenters. The van der Waals surface area contributed by atoms with E-state index in [4.69, 9.17) is 0 Å². The molecule has 0 rings (SSSR count). The van der Waals surface area contributed by atoms with Crippen LogP contribution in [-0.2, 0) is 23.9 Å². The number of unbranched alkanes of at least 4 members (excludes halogenated alkanes) is 1. The molecule has 0 heterocycles. The highest BCUT2D eigenvalue weighted by Crippen LogP contribution is 1.94. The van der Waals surface area contributed by atoms with Gasteiger partial charge in [-0.25, -0.2) is 9.59 Å². The van der Waals surface area contributed by atoms with E-state index >= 15 is 0 Å². The Morgan fingerprint density at radius 3 is 2.20 bits per heavy atom. The van der Waals surface area contributed by atoms with E-state index in [1.807, 2.05) is 6.92 Å². The van der Waals surface area contributed by atoms with Crippen molar-refractivity contribution in [1.82, 2.24) is 0 Å². The molecule has 0 spiro atoms. The first kappa shape index (κ1) is 13.6. The van der Waals surface area contributed by atoms with E-state index in [0.29, 0.717) is 6.42 Å². The fraction of sp³-hybridized carbons (Fsp3) is 0.700. The van der Waals surface area contributed by atoms with Gasteiger partial charge in [-0.1, -0.05) is 13.3 Å². The van der Waals surface area contributed by atoms with Gasteiger partial charge in [-0.2, -0.15) is 0 Å². The maximum absolute atomic E-state index is 11.0. The molecule has 0 aliphatic rings. The number of rotatable bonds is 6. The monoisotopic (exact) mass is 216 g/mol. The molecule has 0 amide bonds. The van der Waals surface area contributed by atoms with E-state index in [-0.39, 0.29) is 6.61 Å². The van der Waals surface area contributed by atoms with Crippen molar-refractivity contribution >= 4 is 17.7 Å². The Morgan fingerprint density at radius 1 is 1.13 bits per heavy atom. The lowest BCUT2D eigenvalue weighted by Gasteiger charge is -2.06. The third-order valence-electron chi connectivity index (χ3n) is 1.44. The van der Waals surface area contributed by atoms with Gasteiger partial charge in [0.15, 0.2) is 0 Å². The molecule has 5 heteroatoms. The van der Waals surface area contributed by atoms with Crippen LogP contribution in [-0.4, -0.2) is 30.4 Å². The largest absolute Gasteiger partial charge is 0.460 e. The first-order valence-electron chi connectivity index (χ1n) is 4.91. The number of ketones is 1. The summed E-state index contributed by atoms with van der Waals surface area (Å²) in [6, 6.07) is 0. The fourth-order valence-corrected chi connectivity index (χ4v) is 0.726. The van der Waals surface area contributed by atoms with Gasteiger partial charge in [0.25, 0.3) is 0 Å². The van der Waals surface area contributed by atoms with Crippen LogP contribution in [0.5, 0.6) is 0 Å². The predicted octanol–water partition coefficient (Wildman–Crippen LogP) is 0.850. The summed E-state index contributed by atoms with van der Waals surface area (Å²) in [5.41, 5.74) is 0. The lowest BCUT2D eigenvalue weighted by Crippen LogP contribution is -2.29. The summed E-state index contributed by atoms with van der Waals surface area (Å²) in [5.74, 6) is -3.56. The summed E-state index contributed by atoms with van der Waals surface area (Å²) >= 11 is 0. The van der Waals surface area contributed by atoms with Crippen molar-refractivity contribution in [3.8, 4) is 0 Å². The van der Waals surface area contributed by atoms with Crippen LogP contribution < -0.4 is 0 Å². The number of esters is 2. The molecule has 86 valence electrons. The van der Waals surface area contributed by atoms with Crippen LogP contribution in [0.1, 0.15) is 33.6 Å². The molecule has 0 aromatic carbocycles. The first-order valence-corrected chi connectivity index (χ1v) is 4.91. The number of ether oxygens (including phenoxy) is 2. The van der Waals surface area contributed by atoms with E-state index in [1.165, 1.54) is 0 Å². The van der Waals surface area contributed by atoms with Crippen molar-refractivity contribution in [2.45, 2.75) is 39.7 Å². The van der Waals surface area contributed by atoms with Gasteiger partial charge in [-0.3, -0.25) is 4.79 Å². The van der Waals surface area contributed by atoms with Crippen molar-refractivity contribution in [3.63, 3.8) is 0 Å². The Hall–Kier alpha value is -1.39. The molecule has 0 aliphatic carbocycles. The van der Waals surface area contributed by atoms with Crippen LogP contribution in [0, 0.1) is 0 Å². The minimum absolute atomic E-state index is 0.149. The molecule has 0 N–H and O–H groups in total. The van der Waals surface area contributed by atoms with Crippen LogP contribution in [0.3, 0.4) is 0 Å². The van der Waals surface area contributed by atoms with Gasteiger partial charge in [-0.15, -0.1) is 0 Å². The maximum Gasteiger partial charge on any atom is 0.387 e. The summed E-state index contributed by atoms with van der Waals surface area (Å²) < 4.78 is 9.11. The predicted molar refractivity (Wildman–Crippen MR) is 52.1 cm³/mol. The lowest BCUT2D eigenvalue weighted by atomic mass is 10.3. The highest BCUT2D eigenvalue weighted by molar-refractivity contribution is 6.60. The number of carbonyl (C=O) groups is 3. The molecule has 0 saturated heterocycles. The van der Waals surface area contributed by atoms with Crippen LogP contribution >= 0.6 is 0 Å². The van der Waals surface area contributed by atoms with E-state index in [2.05, 4.69) is 9.47 Å². The zero-order chi connectivity index (χ0) is 11.8. The summed E-state index contributed by atoms with van der Waals surface area (Å²) in [6.07, 6.45) is 1.08. The quantitative estimate of drug-likeness (QED) is 0.285. The Balaban J connectivity index is 3.97. The highest BCUT2D eigenvalue weighted by atomic mass is 16.6. The first-order chi connectivity index (χ1) is 6.99. The molecule has 0 unspecified atom stereocenters. The van der Waals surface area contributed by atoms with Crippen LogP contribution in [0.2, 0.25) is 0 Å². The summed E-state index contributed by atoms with van der Waals surface area (Å²) in [4.78, 5) is 32.9. The topological polar surface area (TPSA) is 69.7 Å². The lowest BCUT2D eigenvalue weighted by molar-refractivity contribution is -0.166. The van der Waals surface area contributed by atoms with Crippen molar-refractivity contribution in [2.75, 3.05) is 6.61 Å². The van der Waals surface area contributed by atoms with Gasteiger partial charge in [0, 0.05) is 0 Å². The molecule has 0 aromatic rings. The van der Waals surface area contributed by atoms with E-state index < -0.39 is 23.8 Å². The Bertz CT molecular complexity index is 244. The molecular formula is C10H16O5. The van der Waals surface area contributed by atoms with Gasteiger partial charge in [0.05, 0.1) is 12.7 Å². The Morgan fingerprint density at radius 2 is 1.73 bits per heavy atom. The number of hydrogen-bond donors (Lipinski definition) is 0.